The molecule has 2 aromatic carbocycles. The summed E-state index contributed by atoms with van der Waals surface area (Å²) >= 11 is 0. The third-order valence-electron chi connectivity index (χ3n) is 6.55. The summed E-state index contributed by atoms with van der Waals surface area (Å²) in [5, 5.41) is 9.22. The van der Waals surface area contributed by atoms with Gasteiger partial charge in [0.2, 0.25) is 0 Å². The van der Waals surface area contributed by atoms with Gasteiger partial charge < -0.3 is 10.0 Å². The summed E-state index contributed by atoms with van der Waals surface area (Å²) in [5.41, 5.74) is 5.49. The molecule has 0 saturated carbocycles. The summed E-state index contributed by atoms with van der Waals surface area (Å²) < 4.78 is 0. The smallest absolute Gasteiger partial charge is 0.407 e. The standard InChI is InChI=1S/C24H30N2O2.ClH/c1-25(24(27)28)17-19-10-5-11-21-20(19)12-13-23-22(21)14-16-26(23)15-6-9-18-7-3-2-4-8-18;/h2-5,7-8,10-11,22-23H,6,9,12-17H2,1H3,(H,27,28);1H/t22-,23+;/m1./s1. The van der Waals surface area contributed by atoms with Crippen molar-refractivity contribution in [2.75, 3.05) is 20.1 Å². The third kappa shape index (κ3) is 4.76. The highest BCUT2D eigenvalue weighted by atomic mass is 35.5. The fraction of sp³-hybridized carbons (Fsp3) is 0.458. The lowest BCUT2D eigenvalue weighted by Gasteiger charge is -2.34. The Labute approximate surface area is 179 Å². The van der Waals surface area contributed by atoms with Crippen LogP contribution in [0.15, 0.2) is 48.5 Å². The highest BCUT2D eigenvalue weighted by Gasteiger charge is 2.38. The minimum absolute atomic E-state index is 0. The van der Waals surface area contributed by atoms with Crippen LogP contribution in [-0.2, 0) is 19.4 Å². The molecule has 1 heterocycles. The molecule has 0 bridgehead atoms. The van der Waals surface area contributed by atoms with E-state index in [4.69, 9.17) is 0 Å². The monoisotopic (exact) mass is 414 g/mol. The Morgan fingerprint density at radius 3 is 2.69 bits per heavy atom. The van der Waals surface area contributed by atoms with Crippen molar-refractivity contribution in [3.63, 3.8) is 0 Å². The average Bonchev–Trinajstić information content (AvgIpc) is 3.12. The Kier molecular flexibility index (Phi) is 7.20. The van der Waals surface area contributed by atoms with E-state index >= 15 is 0 Å². The zero-order valence-electron chi connectivity index (χ0n) is 17.1. The molecule has 156 valence electrons. The minimum atomic E-state index is -0.864. The lowest BCUT2D eigenvalue weighted by Crippen LogP contribution is -2.36. The van der Waals surface area contributed by atoms with Crippen LogP contribution in [-0.4, -0.2) is 47.2 Å². The number of likely N-dealkylation sites (tertiary alicyclic amines) is 1. The number of carbonyl (C=O) groups is 1. The number of fused-ring (bicyclic) bond motifs is 3. The van der Waals surface area contributed by atoms with E-state index in [9.17, 15) is 9.90 Å². The fourth-order valence-electron chi connectivity index (χ4n) is 5.14. The molecule has 0 unspecified atom stereocenters. The predicted molar refractivity (Wildman–Crippen MR) is 119 cm³/mol. The molecule has 1 aliphatic carbocycles. The van der Waals surface area contributed by atoms with Gasteiger partial charge in [-0.1, -0.05) is 48.5 Å². The van der Waals surface area contributed by atoms with Crippen molar-refractivity contribution in [2.45, 2.75) is 50.6 Å². The van der Waals surface area contributed by atoms with Crippen LogP contribution in [0.3, 0.4) is 0 Å². The van der Waals surface area contributed by atoms with Crippen LogP contribution in [0.5, 0.6) is 0 Å². The topological polar surface area (TPSA) is 43.8 Å². The molecule has 0 aromatic heterocycles. The lowest BCUT2D eigenvalue weighted by molar-refractivity contribution is 0.153. The summed E-state index contributed by atoms with van der Waals surface area (Å²) in [6.07, 6.45) is 4.98. The molecule has 29 heavy (non-hydrogen) atoms. The predicted octanol–water partition coefficient (Wildman–Crippen LogP) is 4.96. The third-order valence-corrected chi connectivity index (χ3v) is 6.55. The summed E-state index contributed by atoms with van der Waals surface area (Å²) in [7, 11) is 1.65. The van der Waals surface area contributed by atoms with Gasteiger partial charge in [0.25, 0.3) is 0 Å². The fourth-order valence-corrected chi connectivity index (χ4v) is 5.14. The number of carboxylic acid groups (broad SMARTS) is 1. The minimum Gasteiger partial charge on any atom is -0.465 e. The summed E-state index contributed by atoms with van der Waals surface area (Å²) in [6.45, 7) is 2.84. The van der Waals surface area contributed by atoms with Gasteiger partial charge in [-0.25, -0.2) is 4.79 Å². The SMILES string of the molecule is CN(Cc1cccc2c1CC[C@H]1[C@@H]2CCN1CCCc1ccccc1)C(=O)O.Cl. The number of nitrogens with zero attached hydrogens (tertiary/aromatic N) is 2. The van der Waals surface area contributed by atoms with E-state index in [-0.39, 0.29) is 12.4 Å². The molecule has 1 saturated heterocycles. The number of rotatable bonds is 6. The van der Waals surface area contributed by atoms with Crippen LogP contribution in [0.1, 0.15) is 47.4 Å². The molecule has 4 nitrogen and oxygen atoms in total. The van der Waals surface area contributed by atoms with Crippen LogP contribution < -0.4 is 0 Å². The van der Waals surface area contributed by atoms with Gasteiger partial charge in [-0.05, 0) is 67.4 Å². The maximum absolute atomic E-state index is 11.2. The van der Waals surface area contributed by atoms with E-state index in [1.165, 1.54) is 59.5 Å². The molecule has 2 atom stereocenters. The van der Waals surface area contributed by atoms with Gasteiger partial charge in [0.05, 0.1) is 0 Å². The molecule has 0 radical (unpaired) electrons. The van der Waals surface area contributed by atoms with Gasteiger partial charge in [0.15, 0.2) is 0 Å². The van der Waals surface area contributed by atoms with Crippen molar-refractivity contribution < 1.29 is 9.90 Å². The van der Waals surface area contributed by atoms with Crippen LogP contribution in [0, 0.1) is 0 Å². The number of aryl methyl sites for hydroxylation is 1. The summed E-state index contributed by atoms with van der Waals surface area (Å²) in [5.74, 6) is 0.607. The first-order valence-electron chi connectivity index (χ1n) is 10.5. The van der Waals surface area contributed by atoms with Gasteiger partial charge in [0, 0.05) is 25.6 Å². The first-order valence-corrected chi connectivity index (χ1v) is 10.5. The number of benzene rings is 2. The highest BCUT2D eigenvalue weighted by Crippen LogP contribution is 2.42. The zero-order chi connectivity index (χ0) is 19.5. The van der Waals surface area contributed by atoms with Crippen LogP contribution in [0.4, 0.5) is 4.79 Å². The Morgan fingerprint density at radius 1 is 1.14 bits per heavy atom. The normalized spacial score (nSPS) is 20.4. The second-order valence-electron chi connectivity index (χ2n) is 8.25. The van der Waals surface area contributed by atoms with E-state index in [1.54, 1.807) is 7.05 Å². The largest absolute Gasteiger partial charge is 0.465 e. The molecular weight excluding hydrogens is 384 g/mol. The van der Waals surface area contributed by atoms with E-state index in [0.29, 0.717) is 18.5 Å². The summed E-state index contributed by atoms with van der Waals surface area (Å²) in [4.78, 5) is 15.3. The molecule has 1 N–H and O–H groups in total. The number of hydrogen-bond acceptors (Lipinski definition) is 2. The Hall–Kier alpha value is -2.04. The van der Waals surface area contributed by atoms with E-state index in [1.807, 2.05) is 0 Å². The van der Waals surface area contributed by atoms with Gasteiger partial charge in [0.1, 0.15) is 0 Å². The molecule has 1 fully saturated rings. The molecule has 2 aliphatic rings. The van der Waals surface area contributed by atoms with Crippen LogP contribution in [0.2, 0.25) is 0 Å². The second kappa shape index (κ2) is 9.64. The zero-order valence-corrected chi connectivity index (χ0v) is 17.9. The van der Waals surface area contributed by atoms with Crippen molar-refractivity contribution in [1.82, 2.24) is 9.80 Å². The molecule has 1 amide bonds. The molecule has 2 aromatic rings. The molecule has 0 spiro atoms. The van der Waals surface area contributed by atoms with Crippen molar-refractivity contribution in [1.29, 1.82) is 0 Å². The van der Waals surface area contributed by atoms with Crippen LogP contribution >= 0.6 is 12.4 Å². The Bertz CT molecular complexity index is 827. The maximum Gasteiger partial charge on any atom is 0.407 e. The second-order valence-corrected chi connectivity index (χ2v) is 8.25. The molecular formula is C24H31ClN2O2. The maximum atomic E-state index is 11.2. The quantitative estimate of drug-likeness (QED) is 0.726. The number of halogens is 1. The van der Waals surface area contributed by atoms with Gasteiger partial charge in [-0.2, -0.15) is 0 Å². The average molecular weight is 415 g/mol. The van der Waals surface area contributed by atoms with Gasteiger partial charge >= 0.3 is 6.09 Å². The van der Waals surface area contributed by atoms with Gasteiger partial charge in [-0.15, -0.1) is 12.4 Å². The Morgan fingerprint density at radius 2 is 1.93 bits per heavy atom. The highest BCUT2D eigenvalue weighted by molar-refractivity contribution is 5.85. The molecule has 4 rings (SSSR count). The van der Waals surface area contributed by atoms with Crippen molar-refractivity contribution in [3.8, 4) is 0 Å². The van der Waals surface area contributed by atoms with Crippen molar-refractivity contribution in [2.24, 2.45) is 0 Å². The van der Waals surface area contributed by atoms with Crippen molar-refractivity contribution in [3.05, 3.63) is 70.8 Å². The Balaban J connectivity index is 0.00000240. The molecule has 1 aliphatic heterocycles. The summed E-state index contributed by atoms with van der Waals surface area (Å²) in [6, 6.07) is 17.9. The number of amides is 1. The van der Waals surface area contributed by atoms with E-state index in [0.717, 1.165) is 12.8 Å². The van der Waals surface area contributed by atoms with Gasteiger partial charge in [-0.3, -0.25) is 4.90 Å². The van der Waals surface area contributed by atoms with E-state index in [2.05, 4.69) is 53.4 Å². The first kappa shape index (κ1) is 21.7. The van der Waals surface area contributed by atoms with Crippen LogP contribution in [0.25, 0.3) is 0 Å². The lowest BCUT2D eigenvalue weighted by atomic mass is 9.77. The first-order chi connectivity index (χ1) is 13.6. The molecule has 5 heteroatoms. The van der Waals surface area contributed by atoms with Crippen molar-refractivity contribution >= 4 is 18.5 Å². The van der Waals surface area contributed by atoms with E-state index < -0.39 is 6.09 Å². The number of hydrogen-bond donors (Lipinski definition) is 1.